The van der Waals surface area contributed by atoms with E-state index in [-0.39, 0.29) is 29.9 Å². The first kappa shape index (κ1) is 30.1. The molecule has 2 atom stereocenters. The summed E-state index contributed by atoms with van der Waals surface area (Å²) in [5, 5.41) is 15.4. The average molecular weight is 535 g/mol. The van der Waals surface area contributed by atoms with E-state index in [1.807, 2.05) is 19.9 Å². The quantitative estimate of drug-likeness (QED) is 0.215. The number of nitrogen functional groups attached to an aromatic ring is 1. The molecule has 0 spiro atoms. The fraction of sp³-hybridized carbons (Fsp3) is 0.462. The molecule has 0 saturated heterocycles. The maximum atomic E-state index is 13.4. The second-order valence-corrected chi connectivity index (χ2v) is 11.0. The monoisotopic (exact) mass is 534 g/mol. The zero-order valence-corrected chi connectivity index (χ0v) is 22.4. The maximum Gasteiger partial charge on any atom is 0.407 e. The standard InChI is InChI=1S/C26H38N4O6S/c1-19(2)17-30(37(34,35)23-14-12-21(27)13-15-23)22(18-31)11-7-8-16-28-25(32)24(29-26(33)36-3)20-9-5-4-6-10-20/h4-6,9-10,12-15,19,22,24,31H,7-8,11,16-18,27H2,1-3H3,(H,28,32)(H,29,33)/t22-,24-/m0/s1. The van der Waals surface area contributed by atoms with E-state index < -0.39 is 28.2 Å². The average Bonchev–Trinajstić information content (AvgIpc) is 2.88. The van der Waals surface area contributed by atoms with E-state index in [4.69, 9.17) is 5.73 Å². The highest BCUT2D eigenvalue weighted by molar-refractivity contribution is 7.89. The minimum atomic E-state index is -3.84. The van der Waals surface area contributed by atoms with Crippen molar-refractivity contribution < 1.29 is 27.9 Å². The van der Waals surface area contributed by atoms with Crippen molar-refractivity contribution >= 4 is 27.7 Å². The number of aliphatic hydroxyl groups excluding tert-OH is 1. The maximum absolute atomic E-state index is 13.4. The molecule has 2 amide bonds. The van der Waals surface area contributed by atoms with Crippen LogP contribution in [0.15, 0.2) is 59.5 Å². The molecule has 0 aliphatic rings. The first-order valence-electron chi connectivity index (χ1n) is 12.3. The molecule has 204 valence electrons. The van der Waals surface area contributed by atoms with Crippen LogP contribution in [-0.2, 0) is 19.6 Å². The highest BCUT2D eigenvalue weighted by Crippen LogP contribution is 2.23. The van der Waals surface area contributed by atoms with Crippen molar-refractivity contribution in [3.8, 4) is 0 Å². The van der Waals surface area contributed by atoms with E-state index in [1.54, 1.807) is 24.3 Å². The number of unbranched alkanes of at least 4 members (excludes halogenated alkanes) is 1. The molecular formula is C26H38N4O6S. The van der Waals surface area contributed by atoms with Crippen LogP contribution in [0.5, 0.6) is 0 Å². The Labute approximate surface area is 219 Å². The van der Waals surface area contributed by atoms with Gasteiger partial charge in [0.1, 0.15) is 6.04 Å². The van der Waals surface area contributed by atoms with Crippen LogP contribution in [0.2, 0.25) is 0 Å². The van der Waals surface area contributed by atoms with Gasteiger partial charge in [-0.15, -0.1) is 0 Å². The number of carbonyl (C=O) groups is 2. The molecule has 5 N–H and O–H groups in total. The van der Waals surface area contributed by atoms with Crippen molar-refractivity contribution in [1.82, 2.24) is 14.9 Å². The van der Waals surface area contributed by atoms with Crippen LogP contribution < -0.4 is 16.4 Å². The lowest BCUT2D eigenvalue weighted by Gasteiger charge is -2.31. The molecular weight excluding hydrogens is 496 g/mol. The zero-order chi connectivity index (χ0) is 27.4. The molecule has 0 aliphatic heterocycles. The van der Waals surface area contributed by atoms with Crippen molar-refractivity contribution in [3.05, 3.63) is 60.2 Å². The molecule has 0 saturated carbocycles. The summed E-state index contributed by atoms with van der Waals surface area (Å²) in [7, 11) is -2.62. The summed E-state index contributed by atoms with van der Waals surface area (Å²) < 4.78 is 32.7. The summed E-state index contributed by atoms with van der Waals surface area (Å²) >= 11 is 0. The van der Waals surface area contributed by atoms with E-state index in [2.05, 4.69) is 15.4 Å². The van der Waals surface area contributed by atoms with Gasteiger partial charge in [-0.05, 0) is 48.6 Å². The number of alkyl carbamates (subject to hydrolysis) is 1. The number of ether oxygens (including phenoxy) is 1. The van der Waals surface area contributed by atoms with Crippen LogP contribution in [0.4, 0.5) is 10.5 Å². The summed E-state index contributed by atoms with van der Waals surface area (Å²) in [6.45, 7) is 4.08. The Balaban J connectivity index is 1.99. The van der Waals surface area contributed by atoms with Gasteiger partial charge in [-0.25, -0.2) is 13.2 Å². The largest absolute Gasteiger partial charge is 0.453 e. The van der Waals surface area contributed by atoms with Crippen molar-refractivity contribution in [3.63, 3.8) is 0 Å². The van der Waals surface area contributed by atoms with Crippen LogP contribution in [-0.4, -0.2) is 62.7 Å². The number of hydrogen-bond donors (Lipinski definition) is 4. The van der Waals surface area contributed by atoms with Gasteiger partial charge in [0.2, 0.25) is 15.9 Å². The predicted molar refractivity (Wildman–Crippen MR) is 142 cm³/mol. The van der Waals surface area contributed by atoms with Gasteiger partial charge >= 0.3 is 6.09 Å². The number of methoxy groups -OCH3 is 1. The van der Waals surface area contributed by atoms with Gasteiger partial charge in [0.25, 0.3) is 0 Å². The molecule has 0 unspecified atom stereocenters. The highest BCUT2D eigenvalue weighted by atomic mass is 32.2. The van der Waals surface area contributed by atoms with Crippen molar-refractivity contribution in [2.45, 2.75) is 50.1 Å². The molecule has 0 fully saturated rings. The normalized spacial score (nSPS) is 13.2. The molecule has 2 aromatic carbocycles. The summed E-state index contributed by atoms with van der Waals surface area (Å²) in [4.78, 5) is 24.6. The van der Waals surface area contributed by atoms with Crippen LogP contribution in [0, 0.1) is 5.92 Å². The first-order chi connectivity index (χ1) is 17.6. The number of hydrogen-bond acceptors (Lipinski definition) is 7. The van der Waals surface area contributed by atoms with Crippen molar-refractivity contribution in [2.75, 3.05) is 32.5 Å². The lowest BCUT2D eigenvalue weighted by Crippen LogP contribution is -2.44. The third-order valence-electron chi connectivity index (χ3n) is 5.76. The lowest BCUT2D eigenvalue weighted by molar-refractivity contribution is -0.123. The summed E-state index contributed by atoms with van der Waals surface area (Å²) in [5.74, 6) is -0.336. The Morgan fingerprint density at radius 2 is 1.70 bits per heavy atom. The van der Waals surface area contributed by atoms with Crippen molar-refractivity contribution in [2.24, 2.45) is 5.92 Å². The SMILES string of the molecule is COC(=O)N[C@H](C(=O)NCCCC[C@@H](CO)N(CC(C)C)S(=O)(=O)c1ccc(N)cc1)c1ccccc1. The van der Waals surface area contributed by atoms with Gasteiger partial charge in [0, 0.05) is 24.8 Å². The number of sulfonamides is 1. The first-order valence-corrected chi connectivity index (χ1v) is 13.7. The number of nitrogens with zero attached hydrogens (tertiary/aromatic N) is 1. The Morgan fingerprint density at radius 1 is 1.05 bits per heavy atom. The number of benzene rings is 2. The molecule has 0 aliphatic carbocycles. The minimum absolute atomic E-state index is 0.0501. The van der Waals surface area contributed by atoms with Gasteiger partial charge in [-0.3, -0.25) is 4.79 Å². The molecule has 0 heterocycles. The number of anilines is 1. The smallest absolute Gasteiger partial charge is 0.407 e. The van der Waals surface area contributed by atoms with E-state index in [0.29, 0.717) is 37.1 Å². The summed E-state index contributed by atoms with van der Waals surface area (Å²) in [5.41, 5.74) is 6.78. The van der Waals surface area contributed by atoms with Gasteiger partial charge < -0.3 is 26.2 Å². The minimum Gasteiger partial charge on any atom is -0.453 e. The van der Waals surface area contributed by atoms with Gasteiger partial charge in [0.15, 0.2) is 0 Å². The second kappa shape index (κ2) is 14.6. The van der Waals surface area contributed by atoms with Crippen molar-refractivity contribution in [1.29, 1.82) is 0 Å². The number of rotatable bonds is 14. The van der Waals surface area contributed by atoms with Crippen LogP contribution >= 0.6 is 0 Å². The fourth-order valence-corrected chi connectivity index (χ4v) is 5.66. The molecule has 10 nitrogen and oxygen atoms in total. The second-order valence-electron chi connectivity index (χ2n) is 9.14. The Kier molecular flexibility index (Phi) is 11.8. The molecule has 0 bridgehead atoms. The lowest BCUT2D eigenvalue weighted by atomic mass is 10.1. The Morgan fingerprint density at radius 3 is 2.27 bits per heavy atom. The molecule has 11 heteroatoms. The van der Waals surface area contributed by atoms with E-state index in [9.17, 15) is 23.1 Å². The molecule has 2 rings (SSSR count). The van der Waals surface area contributed by atoms with E-state index >= 15 is 0 Å². The van der Waals surface area contributed by atoms with Gasteiger partial charge in [-0.2, -0.15) is 4.31 Å². The topological polar surface area (TPSA) is 151 Å². The van der Waals surface area contributed by atoms with Crippen LogP contribution in [0.3, 0.4) is 0 Å². The molecule has 0 radical (unpaired) electrons. The Bertz CT molecular complexity index is 1090. The third-order valence-corrected chi connectivity index (χ3v) is 7.69. The number of amides is 2. The molecule has 0 aromatic heterocycles. The Hall–Kier alpha value is -3.15. The molecule has 37 heavy (non-hydrogen) atoms. The number of nitrogens with two attached hydrogens (primary N) is 1. The number of nitrogens with one attached hydrogen (secondary N) is 2. The fourth-order valence-electron chi connectivity index (χ4n) is 3.85. The molecule has 2 aromatic rings. The summed E-state index contributed by atoms with van der Waals surface area (Å²) in [6.07, 6.45) is 0.815. The predicted octanol–water partition coefficient (Wildman–Crippen LogP) is 2.66. The van der Waals surface area contributed by atoms with Crippen LogP contribution in [0.25, 0.3) is 0 Å². The van der Waals surface area contributed by atoms with Gasteiger partial charge in [0.05, 0.1) is 18.6 Å². The van der Waals surface area contributed by atoms with Gasteiger partial charge in [-0.1, -0.05) is 50.6 Å². The third kappa shape index (κ3) is 9.03. The number of carbonyl (C=O) groups excluding carboxylic acids is 2. The van der Waals surface area contributed by atoms with E-state index in [1.165, 1.54) is 35.7 Å². The van der Waals surface area contributed by atoms with Crippen LogP contribution in [0.1, 0.15) is 44.7 Å². The zero-order valence-electron chi connectivity index (χ0n) is 21.6. The van der Waals surface area contributed by atoms with E-state index in [0.717, 1.165) is 0 Å². The summed E-state index contributed by atoms with van der Waals surface area (Å²) in [6, 6.07) is 13.3. The number of aliphatic hydroxyl groups is 1. The highest BCUT2D eigenvalue weighted by Gasteiger charge is 2.31.